The number of carboxylic acids is 1. The number of hydrogen-bond acceptors (Lipinski definition) is 5. The van der Waals surface area contributed by atoms with Gasteiger partial charge in [-0.2, -0.15) is 5.26 Å². The van der Waals surface area contributed by atoms with Crippen LogP contribution in [0.1, 0.15) is 40.5 Å². The SMILES string of the molecule is CC(C)C[C@H](N)C(=O)O.CC(C)C[C@H](O)C(=O)NCC#N. The molecule has 21 heavy (non-hydrogen) atoms. The molecule has 0 rings (SSSR count). The Kier molecular flexibility index (Phi) is 12.5. The maximum atomic E-state index is 10.9. The van der Waals surface area contributed by atoms with E-state index >= 15 is 0 Å². The van der Waals surface area contributed by atoms with E-state index in [0.29, 0.717) is 18.8 Å². The molecular formula is C14H27N3O4. The molecule has 0 aromatic carbocycles. The second-order valence-electron chi connectivity index (χ2n) is 5.60. The molecule has 0 radical (unpaired) electrons. The van der Waals surface area contributed by atoms with Crippen LogP contribution >= 0.6 is 0 Å². The summed E-state index contributed by atoms with van der Waals surface area (Å²) in [7, 11) is 0. The number of nitriles is 1. The first kappa shape index (κ1) is 21.6. The summed E-state index contributed by atoms with van der Waals surface area (Å²) in [4.78, 5) is 21.0. The van der Waals surface area contributed by atoms with Crippen LogP contribution in [-0.2, 0) is 9.59 Å². The summed E-state index contributed by atoms with van der Waals surface area (Å²) in [5.41, 5.74) is 5.22. The van der Waals surface area contributed by atoms with Crippen LogP contribution in [0.15, 0.2) is 0 Å². The van der Waals surface area contributed by atoms with Gasteiger partial charge in [-0.3, -0.25) is 9.59 Å². The lowest BCUT2D eigenvalue weighted by Crippen LogP contribution is -2.35. The van der Waals surface area contributed by atoms with Gasteiger partial charge in [0, 0.05) is 0 Å². The standard InChI is InChI=1S/C8H14N2O2.C6H13NO2/c1-6(2)5-7(11)8(12)10-4-3-9;1-4(2)3-5(7)6(8)9/h6-7,11H,4-5H2,1-2H3,(H,10,12);4-5H,3,7H2,1-2H3,(H,8,9)/t7-;5-/m00/s1. The first-order valence-electron chi connectivity index (χ1n) is 6.92. The van der Waals surface area contributed by atoms with Gasteiger partial charge >= 0.3 is 5.97 Å². The van der Waals surface area contributed by atoms with Gasteiger partial charge in [0.1, 0.15) is 18.7 Å². The highest BCUT2D eigenvalue weighted by molar-refractivity contribution is 5.80. The van der Waals surface area contributed by atoms with E-state index in [2.05, 4.69) is 5.32 Å². The molecule has 0 heterocycles. The summed E-state index contributed by atoms with van der Waals surface area (Å²) in [5, 5.41) is 27.9. The Balaban J connectivity index is 0. The molecule has 1 amide bonds. The fraction of sp³-hybridized carbons (Fsp3) is 0.786. The van der Waals surface area contributed by atoms with Crippen LogP contribution in [0.5, 0.6) is 0 Å². The molecule has 0 aliphatic rings. The molecule has 0 saturated heterocycles. The molecule has 0 saturated carbocycles. The second kappa shape index (κ2) is 12.1. The number of aliphatic hydroxyl groups is 1. The number of amides is 1. The molecule has 2 atom stereocenters. The lowest BCUT2D eigenvalue weighted by Gasteiger charge is -2.11. The van der Waals surface area contributed by atoms with Crippen LogP contribution in [0.25, 0.3) is 0 Å². The van der Waals surface area contributed by atoms with Crippen molar-refractivity contribution < 1.29 is 19.8 Å². The Hall–Kier alpha value is -1.65. The zero-order chi connectivity index (χ0) is 17.0. The predicted octanol–water partition coefficient (Wildman–Crippen LogP) is 0.478. The molecule has 122 valence electrons. The van der Waals surface area contributed by atoms with E-state index in [9.17, 15) is 14.7 Å². The minimum Gasteiger partial charge on any atom is -0.480 e. The first-order chi connectivity index (χ1) is 9.61. The van der Waals surface area contributed by atoms with Crippen molar-refractivity contribution in [3.8, 4) is 6.07 Å². The quantitative estimate of drug-likeness (QED) is 0.505. The zero-order valence-corrected chi connectivity index (χ0v) is 13.2. The highest BCUT2D eigenvalue weighted by atomic mass is 16.4. The van der Waals surface area contributed by atoms with Gasteiger partial charge in [-0.25, -0.2) is 0 Å². The predicted molar refractivity (Wildman–Crippen MR) is 79.2 cm³/mol. The highest BCUT2D eigenvalue weighted by Crippen LogP contribution is 2.03. The Morgan fingerprint density at radius 2 is 1.67 bits per heavy atom. The average molecular weight is 301 g/mol. The van der Waals surface area contributed by atoms with Crippen molar-refractivity contribution in [2.24, 2.45) is 17.6 Å². The van der Waals surface area contributed by atoms with Crippen molar-refractivity contribution in [3.05, 3.63) is 0 Å². The molecule has 0 fully saturated rings. The van der Waals surface area contributed by atoms with Crippen LogP contribution in [0, 0.1) is 23.2 Å². The monoisotopic (exact) mass is 301 g/mol. The number of carbonyl (C=O) groups is 2. The van der Waals surface area contributed by atoms with Gasteiger partial charge in [0.2, 0.25) is 5.91 Å². The summed E-state index contributed by atoms with van der Waals surface area (Å²) in [6, 6.07) is 1.07. The summed E-state index contributed by atoms with van der Waals surface area (Å²) in [5.74, 6) is -0.752. The third-order valence-corrected chi connectivity index (χ3v) is 2.38. The Morgan fingerprint density at radius 1 is 1.19 bits per heavy atom. The maximum Gasteiger partial charge on any atom is 0.320 e. The smallest absolute Gasteiger partial charge is 0.320 e. The van der Waals surface area contributed by atoms with E-state index in [4.69, 9.17) is 16.1 Å². The number of aliphatic carboxylic acids is 1. The van der Waals surface area contributed by atoms with E-state index in [1.807, 2.05) is 27.7 Å². The number of carbonyl (C=O) groups excluding carboxylic acids is 1. The maximum absolute atomic E-state index is 10.9. The fourth-order valence-electron chi connectivity index (χ4n) is 1.41. The number of carboxylic acid groups (broad SMARTS) is 1. The lowest BCUT2D eigenvalue weighted by atomic mass is 10.1. The number of nitrogens with two attached hydrogens (primary N) is 1. The van der Waals surface area contributed by atoms with Gasteiger partial charge in [0.15, 0.2) is 0 Å². The van der Waals surface area contributed by atoms with E-state index in [1.165, 1.54) is 0 Å². The molecule has 7 heteroatoms. The Morgan fingerprint density at radius 3 is 1.95 bits per heavy atom. The van der Waals surface area contributed by atoms with Gasteiger partial charge < -0.3 is 21.3 Å². The van der Waals surface area contributed by atoms with Crippen LogP contribution in [0.4, 0.5) is 0 Å². The zero-order valence-electron chi connectivity index (χ0n) is 13.2. The largest absolute Gasteiger partial charge is 0.480 e. The second-order valence-corrected chi connectivity index (χ2v) is 5.60. The number of hydrogen-bond donors (Lipinski definition) is 4. The summed E-state index contributed by atoms with van der Waals surface area (Å²) in [6.07, 6.45) is -0.00887. The Labute approximate surface area is 126 Å². The number of nitrogens with one attached hydrogen (secondary N) is 1. The molecule has 0 aliphatic heterocycles. The molecule has 5 N–H and O–H groups in total. The van der Waals surface area contributed by atoms with Crippen LogP contribution in [-0.4, -0.2) is 40.8 Å². The van der Waals surface area contributed by atoms with Crippen molar-refractivity contribution in [3.63, 3.8) is 0 Å². The van der Waals surface area contributed by atoms with Crippen molar-refractivity contribution in [2.45, 2.75) is 52.7 Å². The summed E-state index contributed by atoms with van der Waals surface area (Å²) in [6.45, 7) is 7.68. The van der Waals surface area contributed by atoms with E-state index in [0.717, 1.165) is 0 Å². The number of nitrogens with zero attached hydrogens (tertiary/aromatic N) is 1. The van der Waals surface area contributed by atoms with Crippen molar-refractivity contribution >= 4 is 11.9 Å². The minimum absolute atomic E-state index is 0.0476. The lowest BCUT2D eigenvalue weighted by molar-refractivity contribution is -0.138. The van der Waals surface area contributed by atoms with Crippen molar-refractivity contribution in [1.82, 2.24) is 5.32 Å². The van der Waals surface area contributed by atoms with Crippen LogP contribution < -0.4 is 11.1 Å². The molecule has 0 unspecified atom stereocenters. The molecular weight excluding hydrogens is 274 g/mol. The van der Waals surface area contributed by atoms with Crippen molar-refractivity contribution in [1.29, 1.82) is 5.26 Å². The molecule has 0 aromatic rings. The third-order valence-electron chi connectivity index (χ3n) is 2.38. The van der Waals surface area contributed by atoms with Crippen LogP contribution in [0.2, 0.25) is 0 Å². The molecule has 0 aromatic heterocycles. The summed E-state index contributed by atoms with van der Waals surface area (Å²) >= 11 is 0. The minimum atomic E-state index is -0.988. The molecule has 0 aliphatic carbocycles. The van der Waals surface area contributed by atoms with Crippen molar-refractivity contribution in [2.75, 3.05) is 6.54 Å². The Bertz CT molecular complexity index is 351. The number of aliphatic hydroxyl groups excluding tert-OH is 1. The van der Waals surface area contributed by atoms with E-state index in [-0.39, 0.29) is 12.5 Å². The highest BCUT2D eigenvalue weighted by Gasteiger charge is 2.15. The van der Waals surface area contributed by atoms with Gasteiger partial charge in [-0.15, -0.1) is 0 Å². The van der Waals surface area contributed by atoms with Gasteiger partial charge in [0.05, 0.1) is 6.07 Å². The third kappa shape index (κ3) is 14.6. The average Bonchev–Trinajstić information content (AvgIpc) is 2.34. The topological polar surface area (TPSA) is 136 Å². The van der Waals surface area contributed by atoms with Gasteiger partial charge in [-0.1, -0.05) is 27.7 Å². The van der Waals surface area contributed by atoms with E-state index in [1.54, 1.807) is 6.07 Å². The fourth-order valence-corrected chi connectivity index (χ4v) is 1.41. The number of rotatable bonds is 7. The first-order valence-corrected chi connectivity index (χ1v) is 6.92. The molecule has 0 bridgehead atoms. The van der Waals surface area contributed by atoms with Gasteiger partial charge in [-0.05, 0) is 24.7 Å². The summed E-state index contributed by atoms with van der Waals surface area (Å²) < 4.78 is 0. The molecule has 0 spiro atoms. The molecule has 7 nitrogen and oxygen atoms in total. The van der Waals surface area contributed by atoms with Crippen LogP contribution in [0.3, 0.4) is 0 Å². The normalized spacial score (nSPS) is 12.9. The van der Waals surface area contributed by atoms with E-state index < -0.39 is 24.0 Å². The van der Waals surface area contributed by atoms with Gasteiger partial charge in [0.25, 0.3) is 0 Å².